The first-order valence-corrected chi connectivity index (χ1v) is 27.0. The lowest BCUT2D eigenvalue weighted by Gasteiger charge is -2.26. The number of para-hydroxylation sites is 1. The molecule has 0 fully saturated rings. The Hall–Kier alpha value is -6.41. The molecule has 0 unspecified atom stereocenters. The van der Waals surface area contributed by atoms with Crippen molar-refractivity contribution in [2.75, 3.05) is 34.2 Å². The summed E-state index contributed by atoms with van der Waals surface area (Å²) in [5.41, 5.74) is 3.23. The number of nitrogens with zero attached hydrogens (tertiary/aromatic N) is 6. The summed E-state index contributed by atoms with van der Waals surface area (Å²) in [5, 5.41) is 13.5. The minimum atomic E-state index is -4.86. The summed E-state index contributed by atoms with van der Waals surface area (Å²) in [6.07, 6.45) is 0. The molecule has 2 heterocycles. The van der Waals surface area contributed by atoms with Gasteiger partial charge in [0.25, 0.3) is 0 Å². The predicted molar refractivity (Wildman–Crippen MR) is 244 cm³/mol. The largest absolute Gasteiger partial charge is 0.497 e. The van der Waals surface area contributed by atoms with Crippen LogP contribution in [0.25, 0.3) is 33.5 Å². The zero-order valence-electron chi connectivity index (χ0n) is 36.5. The number of tetrazole rings is 1. The van der Waals surface area contributed by atoms with Crippen LogP contribution in [-0.4, -0.2) is 99.6 Å². The molecule has 0 saturated carbocycles. The lowest BCUT2D eigenvalue weighted by atomic mass is 9.98. The van der Waals surface area contributed by atoms with Crippen molar-refractivity contribution in [2.24, 2.45) is 0 Å². The van der Waals surface area contributed by atoms with E-state index in [2.05, 4.69) is 39.9 Å². The monoisotopic (exact) mass is 923 g/mol. The Kier molecular flexibility index (Phi) is 13.4. The number of sulfonamides is 1. The van der Waals surface area contributed by atoms with Crippen molar-refractivity contribution in [2.45, 2.75) is 55.1 Å². The fourth-order valence-corrected chi connectivity index (χ4v) is 13.8. The SMILES string of the molecule is COC(=O)c1nc2c(-c3ccc(S(=O)(=O)CC[Si](C)(C)C)c(S(=O)(=O)N(Cc4ccc(OC)cc4)Cc4ccc(OC)cc4)c3-c3nnn(Cc4ccc(OC)cc4)n3)cccc2[nH]1. The lowest BCUT2D eigenvalue weighted by Crippen LogP contribution is -2.32. The fraction of sp³-hybridized carbons (Fsp3) is 0.267. The van der Waals surface area contributed by atoms with Gasteiger partial charge in [0, 0.05) is 26.7 Å². The number of fused-ring (bicyclic) bond motifs is 1. The molecule has 0 saturated heterocycles. The maximum atomic E-state index is 16.0. The summed E-state index contributed by atoms with van der Waals surface area (Å²) in [6, 6.07) is 29.5. The van der Waals surface area contributed by atoms with Gasteiger partial charge in [0.05, 0.1) is 62.2 Å². The Bertz CT molecular complexity index is 2960. The summed E-state index contributed by atoms with van der Waals surface area (Å²) in [4.78, 5) is 20.6. The number of H-pyrrole nitrogens is 1. The van der Waals surface area contributed by atoms with Crippen LogP contribution in [0, 0.1) is 0 Å². The third kappa shape index (κ3) is 10.0. The molecule has 0 amide bonds. The topological polar surface area (TPSA) is 198 Å². The molecule has 334 valence electrons. The lowest BCUT2D eigenvalue weighted by molar-refractivity contribution is 0.0588. The Labute approximate surface area is 373 Å². The van der Waals surface area contributed by atoms with Gasteiger partial charge in [0.15, 0.2) is 9.84 Å². The number of imidazole rings is 1. The number of nitrogens with one attached hydrogen (secondary N) is 1. The van der Waals surface area contributed by atoms with Crippen molar-refractivity contribution < 1.29 is 40.6 Å². The highest BCUT2D eigenvalue weighted by Crippen LogP contribution is 2.43. The molecule has 5 aromatic carbocycles. The van der Waals surface area contributed by atoms with Gasteiger partial charge >= 0.3 is 5.97 Å². The number of methoxy groups -OCH3 is 4. The van der Waals surface area contributed by atoms with Crippen molar-refractivity contribution in [1.82, 2.24) is 34.5 Å². The molecule has 0 atom stereocenters. The van der Waals surface area contributed by atoms with Gasteiger partial charge in [-0.2, -0.15) is 9.10 Å². The minimum Gasteiger partial charge on any atom is -0.497 e. The van der Waals surface area contributed by atoms with E-state index in [9.17, 15) is 13.2 Å². The van der Waals surface area contributed by atoms with Gasteiger partial charge in [-0.05, 0) is 82.0 Å². The first kappa shape index (κ1) is 45.6. The van der Waals surface area contributed by atoms with Crippen molar-refractivity contribution >= 4 is 44.9 Å². The van der Waals surface area contributed by atoms with Crippen LogP contribution in [-0.2, 0) is 44.2 Å². The number of esters is 1. The molecule has 7 aromatic rings. The highest BCUT2D eigenvalue weighted by atomic mass is 32.2. The van der Waals surface area contributed by atoms with Crippen LogP contribution in [0.15, 0.2) is 113 Å². The molecule has 16 nitrogen and oxygen atoms in total. The smallest absolute Gasteiger partial charge is 0.374 e. The summed E-state index contributed by atoms with van der Waals surface area (Å²) >= 11 is 0. The van der Waals surface area contributed by atoms with E-state index in [4.69, 9.17) is 24.0 Å². The summed E-state index contributed by atoms with van der Waals surface area (Å²) in [5.74, 6) is 0.550. The predicted octanol–water partition coefficient (Wildman–Crippen LogP) is 7.25. The van der Waals surface area contributed by atoms with Crippen molar-refractivity contribution in [3.8, 4) is 39.8 Å². The van der Waals surface area contributed by atoms with Gasteiger partial charge in [-0.15, -0.1) is 10.2 Å². The highest BCUT2D eigenvalue weighted by molar-refractivity contribution is 7.93. The molecular weight excluding hydrogens is 875 g/mol. The second-order valence-corrected chi connectivity index (χ2v) is 25.8. The van der Waals surface area contributed by atoms with Gasteiger partial charge in [-0.1, -0.05) is 74.2 Å². The summed E-state index contributed by atoms with van der Waals surface area (Å²) in [7, 11) is -5.28. The van der Waals surface area contributed by atoms with E-state index in [0.29, 0.717) is 51.0 Å². The molecule has 0 aliphatic rings. The van der Waals surface area contributed by atoms with Gasteiger partial charge in [0.2, 0.25) is 21.7 Å². The fourth-order valence-electron chi connectivity index (χ4n) is 7.03. The normalized spacial score (nSPS) is 12.1. The third-order valence-electron chi connectivity index (χ3n) is 10.6. The molecule has 19 heteroatoms. The molecule has 2 aromatic heterocycles. The Balaban J connectivity index is 1.53. The number of aromatic nitrogens is 6. The van der Waals surface area contributed by atoms with Gasteiger partial charge in [0.1, 0.15) is 22.1 Å². The van der Waals surface area contributed by atoms with Crippen LogP contribution < -0.4 is 14.2 Å². The first-order valence-electron chi connectivity index (χ1n) is 20.2. The van der Waals surface area contributed by atoms with Crippen LogP contribution in [0.1, 0.15) is 27.3 Å². The maximum absolute atomic E-state index is 16.0. The van der Waals surface area contributed by atoms with Crippen LogP contribution in [0.2, 0.25) is 25.7 Å². The molecule has 0 bridgehead atoms. The van der Waals surface area contributed by atoms with Crippen molar-refractivity contribution in [3.05, 3.63) is 126 Å². The van der Waals surface area contributed by atoms with E-state index < -0.39 is 43.7 Å². The zero-order chi connectivity index (χ0) is 45.8. The van der Waals surface area contributed by atoms with Gasteiger partial charge in [-0.3, -0.25) is 0 Å². The second kappa shape index (κ2) is 18.7. The number of hydrogen-bond acceptors (Lipinski definition) is 13. The summed E-state index contributed by atoms with van der Waals surface area (Å²) < 4.78 is 84.0. The maximum Gasteiger partial charge on any atom is 0.374 e. The third-order valence-corrected chi connectivity index (χ3v) is 16.4. The van der Waals surface area contributed by atoms with Crippen molar-refractivity contribution in [3.63, 3.8) is 0 Å². The molecule has 0 spiro atoms. The number of rotatable bonds is 18. The number of hydrogen-bond donors (Lipinski definition) is 1. The number of sulfone groups is 1. The van der Waals surface area contributed by atoms with Crippen LogP contribution in [0.5, 0.6) is 17.2 Å². The van der Waals surface area contributed by atoms with Gasteiger partial charge in [-0.25, -0.2) is 26.6 Å². The van der Waals surface area contributed by atoms with E-state index in [1.807, 2.05) is 12.1 Å². The van der Waals surface area contributed by atoms with E-state index in [1.54, 1.807) is 92.0 Å². The molecular formula is C45H49N7O9S2Si. The Morgan fingerprint density at radius 2 is 1.28 bits per heavy atom. The number of ether oxygens (including phenoxy) is 4. The first-order chi connectivity index (χ1) is 30.5. The number of carbonyl (C=O) groups is 1. The quantitative estimate of drug-likeness (QED) is 0.0668. The zero-order valence-corrected chi connectivity index (χ0v) is 39.2. The van der Waals surface area contributed by atoms with E-state index >= 15 is 8.42 Å². The molecule has 7 rings (SSSR count). The average Bonchev–Trinajstić information content (AvgIpc) is 3.95. The molecule has 0 aliphatic carbocycles. The highest BCUT2D eigenvalue weighted by Gasteiger charge is 2.38. The average molecular weight is 924 g/mol. The Morgan fingerprint density at radius 1 is 0.719 bits per heavy atom. The number of benzene rings is 5. The van der Waals surface area contributed by atoms with E-state index in [1.165, 1.54) is 36.5 Å². The van der Waals surface area contributed by atoms with Crippen LogP contribution >= 0.6 is 0 Å². The second-order valence-electron chi connectivity index (χ2n) is 16.2. The van der Waals surface area contributed by atoms with E-state index in [0.717, 1.165) is 5.56 Å². The Morgan fingerprint density at radius 3 is 1.81 bits per heavy atom. The number of carbonyl (C=O) groups excluding carboxylic acids is 1. The van der Waals surface area contributed by atoms with Crippen LogP contribution in [0.3, 0.4) is 0 Å². The van der Waals surface area contributed by atoms with Crippen molar-refractivity contribution in [1.29, 1.82) is 0 Å². The van der Waals surface area contributed by atoms with Crippen LogP contribution in [0.4, 0.5) is 0 Å². The minimum absolute atomic E-state index is 0.0846. The molecule has 0 radical (unpaired) electrons. The molecule has 64 heavy (non-hydrogen) atoms. The van der Waals surface area contributed by atoms with Gasteiger partial charge < -0.3 is 23.9 Å². The van der Waals surface area contributed by atoms with E-state index in [-0.39, 0.29) is 48.2 Å². The summed E-state index contributed by atoms with van der Waals surface area (Å²) in [6.45, 7) is 5.98. The number of aromatic amines is 1. The standard InChI is InChI=1S/C45H49N7O9S2Si/c1-58-33-17-11-30(12-18-33)27-51(28-31-13-19-34(59-2)20-14-31)63(56,57)42-39(62(54,55)25-26-64(5,6)7)24-23-36(37-9-8-10-38-41(37)47-44(46-38)45(53)61-4)40(42)43-48-50-52(49-43)29-32-15-21-35(60-3)22-16-32/h8-24H,25-29H2,1-7H3,(H,46,47). The molecule has 1 N–H and O–H groups in total. The molecule has 0 aliphatic heterocycles.